The molecule has 4 rings (SSSR count). The van der Waals surface area contributed by atoms with Gasteiger partial charge >= 0.3 is 6.18 Å². The second-order valence-corrected chi connectivity index (χ2v) is 7.60. The van der Waals surface area contributed by atoms with E-state index < -0.39 is 17.8 Å². The molecule has 162 valence electrons. The molecule has 0 unspecified atom stereocenters. The summed E-state index contributed by atoms with van der Waals surface area (Å²) in [6, 6.07) is 6.83. The molecular weight excluding hydrogens is 407 g/mol. The van der Waals surface area contributed by atoms with E-state index in [-0.39, 0.29) is 5.91 Å². The molecule has 1 aliphatic heterocycles. The highest BCUT2D eigenvalue weighted by Gasteiger charge is 2.30. The molecule has 9 heteroatoms. The van der Waals surface area contributed by atoms with Gasteiger partial charge in [0.25, 0.3) is 0 Å². The molecule has 0 saturated carbocycles. The summed E-state index contributed by atoms with van der Waals surface area (Å²) in [4.78, 5) is 17.6. The zero-order valence-electron chi connectivity index (χ0n) is 17.1. The van der Waals surface area contributed by atoms with Gasteiger partial charge in [0.1, 0.15) is 11.8 Å². The number of carbonyl (C=O) groups excluding carboxylic acids is 1. The van der Waals surface area contributed by atoms with Crippen LogP contribution in [-0.2, 0) is 11.0 Å². The van der Waals surface area contributed by atoms with Crippen LogP contribution in [0.5, 0.6) is 0 Å². The Bertz CT molecular complexity index is 1150. The van der Waals surface area contributed by atoms with E-state index in [2.05, 4.69) is 15.4 Å². The molecule has 0 spiro atoms. The fourth-order valence-corrected chi connectivity index (χ4v) is 3.71. The lowest BCUT2D eigenvalue weighted by atomic mass is 10.0. The van der Waals surface area contributed by atoms with Crippen molar-refractivity contribution in [3.05, 3.63) is 65.6 Å². The molecule has 0 aliphatic carbocycles. The predicted octanol–water partition coefficient (Wildman–Crippen LogP) is 4.56. The van der Waals surface area contributed by atoms with Crippen molar-refractivity contribution < 1.29 is 18.0 Å². The summed E-state index contributed by atoms with van der Waals surface area (Å²) in [5.41, 5.74) is 2.67. The van der Waals surface area contributed by atoms with Crippen LogP contribution in [0.15, 0.2) is 48.9 Å². The van der Waals surface area contributed by atoms with Gasteiger partial charge in [-0.05, 0) is 48.2 Å². The minimum atomic E-state index is -4.39. The third kappa shape index (κ3) is 4.40. The lowest BCUT2D eigenvalue weighted by Gasteiger charge is -2.24. The van der Waals surface area contributed by atoms with Crippen molar-refractivity contribution in [3.8, 4) is 0 Å². The van der Waals surface area contributed by atoms with E-state index in [9.17, 15) is 18.0 Å². The van der Waals surface area contributed by atoms with Crippen molar-refractivity contribution in [2.75, 3.05) is 18.4 Å². The Morgan fingerprint density at radius 1 is 1.26 bits per heavy atom. The average molecular weight is 429 g/mol. The van der Waals surface area contributed by atoms with E-state index in [4.69, 9.17) is 0 Å². The Hall–Kier alpha value is -3.36. The number of halogens is 3. The number of amides is 1. The number of anilines is 1. The summed E-state index contributed by atoms with van der Waals surface area (Å²) < 4.78 is 40.8. The number of hydrogen-bond acceptors (Lipinski definition) is 4. The number of benzene rings is 1. The molecule has 1 aliphatic rings. The number of fused-ring (bicyclic) bond motifs is 1. The average Bonchev–Trinajstić information content (AvgIpc) is 3.19. The number of hydrogen-bond donors (Lipinski definition) is 1. The molecule has 2 aromatic heterocycles. The smallest absolute Gasteiger partial charge is 0.362 e. The molecule has 1 atom stereocenters. The van der Waals surface area contributed by atoms with Crippen LogP contribution < -0.4 is 5.32 Å². The number of rotatable bonds is 4. The van der Waals surface area contributed by atoms with E-state index in [1.54, 1.807) is 29.3 Å². The first kappa shape index (κ1) is 20.9. The number of nitrogens with one attached hydrogen (secondary N) is 1. The summed E-state index contributed by atoms with van der Waals surface area (Å²) in [5, 5.41) is 7.46. The molecule has 3 aromatic rings. The number of aromatic nitrogens is 3. The maximum absolute atomic E-state index is 13.0. The molecule has 3 heterocycles. The van der Waals surface area contributed by atoms with Gasteiger partial charge in [-0.2, -0.15) is 18.3 Å². The van der Waals surface area contributed by atoms with Crippen molar-refractivity contribution in [1.82, 2.24) is 19.5 Å². The van der Waals surface area contributed by atoms with Gasteiger partial charge in [-0.3, -0.25) is 4.79 Å². The third-order valence-corrected chi connectivity index (χ3v) is 5.50. The highest BCUT2D eigenvalue weighted by molar-refractivity contribution is 5.79. The van der Waals surface area contributed by atoms with Crippen LogP contribution in [0, 0.1) is 0 Å². The topological polar surface area (TPSA) is 62.5 Å². The Morgan fingerprint density at radius 3 is 2.74 bits per heavy atom. The van der Waals surface area contributed by atoms with Crippen LogP contribution in [0.2, 0.25) is 0 Å². The molecular formula is C22H22F3N5O. The zero-order valence-corrected chi connectivity index (χ0v) is 17.1. The Labute approximate surface area is 177 Å². The number of alkyl halides is 3. The molecule has 0 radical (unpaired) electrons. The standard InChI is InChI=1S/C22H22F3N5O/c1-14(17-4-3-5-19(10-17)22(23,24)25)28-21-20-11-18(12-30(20)27-13-26-21)16-6-8-29(9-7-16)15(2)31/h3-6,10-14H,7-9H2,1-2H3,(H,26,27,28)/t14-/m1/s1. The van der Waals surface area contributed by atoms with E-state index >= 15 is 0 Å². The van der Waals surface area contributed by atoms with E-state index in [0.717, 1.165) is 35.2 Å². The van der Waals surface area contributed by atoms with E-state index in [1.807, 2.05) is 18.3 Å². The fourth-order valence-electron chi connectivity index (χ4n) is 3.71. The minimum absolute atomic E-state index is 0.0540. The Balaban J connectivity index is 1.59. The van der Waals surface area contributed by atoms with Crippen LogP contribution in [-0.4, -0.2) is 38.5 Å². The number of carbonyl (C=O) groups is 1. The van der Waals surface area contributed by atoms with Crippen molar-refractivity contribution in [1.29, 1.82) is 0 Å². The van der Waals surface area contributed by atoms with Crippen LogP contribution in [0.3, 0.4) is 0 Å². The van der Waals surface area contributed by atoms with Gasteiger partial charge in [-0.15, -0.1) is 0 Å². The van der Waals surface area contributed by atoms with Crippen LogP contribution in [0.4, 0.5) is 19.0 Å². The van der Waals surface area contributed by atoms with Crippen LogP contribution in [0.1, 0.15) is 43.0 Å². The Morgan fingerprint density at radius 2 is 2.06 bits per heavy atom. The second-order valence-electron chi connectivity index (χ2n) is 7.60. The molecule has 0 fully saturated rings. The Kier molecular flexibility index (Phi) is 5.43. The fraction of sp³-hybridized carbons (Fsp3) is 0.318. The zero-order chi connectivity index (χ0) is 22.2. The lowest BCUT2D eigenvalue weighted by molar-refractivity contribution is -0.137. The first-order valence-electron chi connectivity index (χ1n) is 9.94. The molecule has 6 nitrogen and oxygen atoms in total. The van der Waals surface area contributed by atoms with Crippen molar-refractivity contribution >= 4 is 22.8 Å². The SMILES string of the molecule is CC(=O)N1CC=C(c2cc3c(N[C@H](C)c4cccc(C(F)(F)F)c4)ncnn3c2)CC1. The molecule has 31 heavy (non-hydrogen) atoms. The molecule has 1 aromatic carbocycles. The van der Waals surface area contributed by atoms with Crippen molar-refractivity contribution in [3.63, 3.8) is 0 Å². The highest BCUT2D eigenvalue weighted by Crippen LogP contribution is 2.32. The largest absolute Gasteiger partial charge is 0.416 e. The van der Waals surface area contributed by atoms with Gasteiger partial charge in [0.2, 0.25) is 5.91 Å². The van der Waals surface area contributed by atoms with Crippen LogP contribution >= 0.6 is 0 Å². The van der Waals surface area contributed by atoms with Gasteiger partial charge in [0.15, 0.2) is 5.82 Å². The lowest BCUT2D eigenvalue weighted by Crippen LogP contribution is -2.32. The summed E-state index contributed by atoms with van der Waals surface area (Å²) in [7, 11) is 0. The molecule has 1 N–H and O–H groups in total. The summed E-state index contributed by atoms with van der Waals surface area (Å²) in [5.74, 6) is 0.589. The van der Waals surface area contributed by atoms with Crippen LogP contribution in [0.25, 0.3) is 11.1 Å². The van der Waals surface area contributed by atoms with Crippen molar-refractivity contribution in [2.24, 2.45) is 0 Å². The number of nitrogens with zero attached hydrogens (tertiary/aromatic N) is 4. The van der Waals surface area contributed by atoms with Gasteiger partial charge in [0, 0.05) is 26.2 Å². The molecule has 1 amide bonds. The van der Waals surface area contributed by atoms with Gasteiger partial charge in [0.05, 0.1) is 11.6 Å². The summed E-state index contributed by atoms with van der Waals surface area (Å²) >= 11 is 0. The maximum Gasteiger partial charge on any atom is 0.416 e. The van der Waals surface area contributed by atoms with Gasteiger partial charge in [-0.1, -0.05) is 18.2 Å². The minimum Gasteiger partial charge on any atom is -0.362 e. The van der Waals surface area contributed by atoms with E-state index in [1.165, 1.54) is 12.4 Å². The normalized spacial score (nSPS) is 15.6. The van der Waals surface area contributed by atoms with Gasteiger partial charge in [-0.25, -0.2) is 9.50 Å². The highest BCUT2D eigenvalue weighted by atomic mass is 19.4. The first-order valence-corrected chi connectivity index (χ1v) is 9.94. The third-order valence-electron chi connectivity index (χ3n) is 5.50. The van der Waals surface area contributed by atoms with E-state index in [0.29, 0.717) is 24.5 Å². The molecule has 0 saturated heterocycles. The quantitative estimate of drug-likeness (QED) is 0.661. The molecule has 0 bridgehead atoms. The predicted molar refractivity (Wildman–Crippen MR) is 111 cm³/mol. The second kappa shape index (κ2) is 8.05. The summed E-state index contributed by atoms with van der Waals surface area (Å²) in [6.45, 7) is 4.58. The van der Waals surface area contributed by atoms with Gasteiger partial charge < -0.3 is 10.2 Å². The monoisotopic (exact) mass is 429 g/mol. The maximum atomic E-state index is 13.0. The van der Waals surface area contributed by atoms with Crippen molar-refractivity contribution in [2.45, 2.75) is 32.5 Å². The first-order chi connectivity index (χ1) is 14.7. The summed E-state index contributed by atoms with van der Waals surface area (Å²) in [6.07, 6.45) is 1.69.